The number of hydrogen-bond donors (Lipinski definition) is 2. The van der Waals surface area contributed by atoms with E-state index in [9.17, 15) is 9.59 Å². The van der Waals surface area contributed by atoms with Gasteiger partial charge in [-0.3, -0.25) is 9.59 Å². The van der Waals surface area contributed by atoms with Crippen molar-refractivity contribution in [2.45, 2.75) is 0 Å². The fraction of sp³-hybridized carbons (Fsp3) is 0.0800. The molecule has 0 bridgehead atoms. The lowest BCUT2D eigenvalue weighted by molar-refractivity contribution is -0.117. The molecular formula is C25H23ClN4O2. The van der Waals surface area contributed by atoms with Crippen LogP contribution in [-0.2, 0) is 4.79 Å². The Bertz CT molecular complexity index is 1140. The largest absolute Gasteiger partial charge is 0.378 e. The molecular weight excluding hydrogens is 424 g/mol. The lowest BCUT2D eigenvalue weighted by Crippen LogP contribution is -2.33. The molecule has 0 aliphatic heterocycles. The molecule has 162 valence electrons. The van der Waals surface area contributed by atoms with Gasteiger partial charge in [-0.15, -0.1) is 0 Å². The van der Waals surface area contributed by atoms with Crippen molar-refractivity contribution in [3.05, 3.63) is 106 Å². The molecule has 0 aliphatic rings. The topological polar surface area (TPSA) is 73.8 Å². The minimum atomic E-state index is -0.560. The predicted molar refractivity (Wildman–Crippen MR) is 130 cm³/mol. The number of carbonyl (C=O) groups excluding carboxylic acids is 2. The third-order valence-electron chi connectivity index (χ3n) is 4.51. The summed E-state index contributed by atoms with van der Waals surface area (Å²) in [5, 5.41) is 6.95. The van der Waals surface area contributed by atoms with Crippen LogP contribution in [0, 0.1) is 0 Å². The Morgan fingerprint density at radius 1 is 0.875 bits per heavy atom. The minimum Gasteiger partial charge on any atom is -0.378 e. The molecule has 0 saturated heterocycles. The van der Waals surface area contributed by atoms with Crippen molar-refractivity contribution in [2.24, 2.45) is 5.10 Å². The number of rotatable bonds is 7. The van der Waals surface area contributed by atoms with Gasteiger partial charge in [-0.05, 0) is 41.5 Å². The summed E-state index contributed by atoms with van der Waals surface area (Å²) in [7, 11) is 3.92. The maximum absolute atomic E-state index is 12.8. The van der Waals surface area contributed by atoms with Crippen LogP contribution in [0.5, 0.6) is 0 Å². The highest BCUT2D eigenvalue weighted by Gasteiger charge is 2.16. The minimum absolute atomic E-state index is 0.0428. The lowest BCUT2D eigenvalue weighted by Gasteiger charge is -2.11. The van der Waals surface area contributed by atoms with Gasteiger partial charge in [0, 0.05) is 19.8 Å². The van der Waals surface area contributed by atoms with Crippen LogP contribution in [0.25, 0.3) is 6.08 Å². The number of halogens is 1. The number of carbonyl (C=O) groups is 2. The van der Waals surface area contributed by atoms with Gasteiger partial charge in [0.25, 0.3) is 11.8 Å². The number of amides is 2. The van der Waals surface area contributed by atoms with E-state index in [2.05, 4.69) is 15.8 Å². The molecule has 3 aromatic rings. The Balaban J connectivity index is 1.77. The van der Waals surface area contributed by atoms with E-state index >= 15 is 0 Å². The van der Waals surface area contributed by atoms with Gasteiger partial charge < -0.3 is 10.2 Å². The zero-order chi connectivity index (χ0) is 22.9. The van der Waals surface area contributed by atoms with Crippen molar-refractivity contribution in [2.75, 3.05) is 19.0 Å². The monoisotopic (exact) mass is 446 g/mol. The molecule has 7 heteroatoms. The molecule has 3 aromatic carbocycles. The first kappa shape index (κ1) is 22.8. The molecule has 2 N–H and O–H groups in total. The number of benzene rings is 3. The van der Waals surface area contributed by atoms with E-state index in [0.717, 1.165) is 16.8 Å². The number of anilines is 1. The van der Waals surface area contributed by atoms with Crippen molar-refractivity contribution >= 4 is 41.4 Å². The SMILES string of the molecule is CN(C)c1ccc(C=NNC(=O)/C(=C/c2ccccc2)NC(=O)c2ccccc2Cl)cc1. The van der Waals surface area contributed by atoms with E-state index in [1.54, 1.807) is 30.3 Å². The van der Waals surface area contributed by atoms with Crippen LogP contribution < -0.4 is 15.6 Å². The molecule has 32 heavy (non-hydrogen) atoms. The van der Waals surface area contributed by atoms with Crippen LogP contribution in [0.2, 0.25) is 5.02 Å². The molecule has 0 radical (unpaired) electrons. The Morgan fingerprint density at radius 2 is 1.53 bits per heavy atom. The number of hydrazone groups is 1. The van der Waals surface area contributed by atoms with Gasteiger partial charge in [0.15, 0.2) is 0 Å². The van der Waals surface area contributed by atoms with Crippen LogP contribution in [0.1, 0.15) is 21.5 Å². The van der Waals surface area contributed by atoms with Crippen molar-refractivity contribution < 1.29 is 9.59 Å². The second-order valence-electron chi connectivity index (χ2n) is 7.09. The summed E-state index contributed by atoms with van der Waals surface area (Å²) in [5.41, 5.74) is 5.41. The highest BCUT2D eigenvalue weighted by atomic mass is 35.5. The van der Waals surface area contributed by atoms with Crippen LogP contribution in [0.3, 0.4) is 0 Å². The second-order valence-corrected chi connectivity index (χ2v) is 7.49. The fourth-order valence-electron chi connectivity index (χ4n) is 2.79. The third kappa shape index (κ3) is 6.30. The molecule has 0 aromatic heterocycles. The normalized spacial score (nSPS) is 11.3. The summed E-state index contributed by atoms with van der Waals surface area (Å²) >= 11 is 6.12. The smallest absolute Gasteiger partial charge is 0.287 e. The van der Waals surface area contributed by atoms with Gasteiger partial charge in [0.05, 0.1) is 16.8 Å². The first-order valence-electron chi connectivity index (χ1n) is 9.87. The van der Waals surface area contributed by atoms with Gasteiger partial charge >= 0.3 is 0 Å². The molecule has 0 atom stereocenters. The molecule has 0 aliphatic carbocycles. The van der Waals surface area contributed by atoms with Crippen LogP contribution in [-0.4, -0.2) is 32.1 Å². The van der Waals surface area contributed by atoms with Crippen LogP contribution >= 0.6 is 11.6 Å². The molecule has 0 unspecified atom stereocenters. The van der Waals surface area contributed by atoms with Gasteiger partial charge in [0.2, 0.25) is 0 Å². The molecule has 0 heterocycles. The van der Waals surface area contributed by atoms with Crippen molar-refractivity contribution in [1.82, 2.24) is 10.7 Å². The first-order chi connectivity index (χ1) is 15.4. The van der Waals surface area contributed by atoms with E-state index in [-0.39, 0.29) is 11.3 Å². The number of hydrogen-bond acceptors (Lipinski definition) is 4. The Kier molecular flexibility index (Phi) is 7.78. The van der Waals surface area contributed by atoms with E-state index < -0.39 is 11.8 Å². The quantitative estimate of drug-likeness (QED) is 0.322. The average molecular weight is 447 g/mol. The van der Waals surface area contributed by atoms with Crippen molar-refractivity contribution in [3.8, 4) is 0 Å². The van der Waals surface area contributed by atoms with Crippen molar-refractivity contribution in [1.29, 1.82) is 0 Å². The summed E-state index contributed by atoms with van der Waals surface area (Å²) in [4.78, 5) is 27.5. The average Bonchev–Trinajstić information content (AvgIpc) is 2.80. The van der Waals surface area contributed by atoms with E-state index in [1.165, 1.54) is 6.21 Å². The second kappa shape index (κ2) is 10.9. The Hall–Kier alpha value is -3.90. The summed E-state index contributed by atoms with van der Waals surface area (Å²) in [6.45, 7) is 0. The van der Waals surface area contributed by atoms with Gasteiger partial charge in [-0.1, -0.05) is 66.2 Å². The fourth-order valence-corrected chi connectivity index (χ4v) is 3.02. The molecule has 0 fully saturated rings. The molecule has 3 rings (SSSR count). The molecule has 0 saturated carbocycles. The molecule has 2 amide bonds. The van der Waals surface area contributed by atoms with E-state index in [4.69, 9.17) is 11.6 Å². The Labute approximate surface area is 192 Å². The highest BCUT2D eigenvalue weighted by Crippen LogP contribution is 2.16. The maximum Gasteiger partial charge on any atom is 0.287 e. The summed E-state index contributed by atoms with van der Waals surface area (Å²) in [5.74, 6) is -1.05. The van der Waals surface area contributed by atoms with Crippen LogP contribution in [0.4, 0.5) is 5.69 Å². The van der Waals surface area contributed by atoms with Gasteiger partial charge in [-0.25, -0.2) is 5.43 Å². The zero-order valence-electron chi connectivity index (χ0n) is 17.7. The first-order valence-corrected chi connectivity index (χ1v) is 10.3. The van der Waals surface area contributed by atoms with Gasteiger partial charge in [-0.2, -0.15) is 5.10 Å². The molecule has 0 spiro atoms. The third-order valence-corrected chi connectivity index (χ3v) is 4.84. The number of nitrogens with zero attached hydrogens (tertiary/aromatic N) is 2. The standard InChI is InChI=1S/C25H23ClN4O2/c1-30(2)20-14-12-19(13-15-20)17-27-29-25(32)23(16-18-8-4-3-5-9-18)28-24(31)21-10-6-7-11-22(21)26/h3-17H,1-2H3,(H,28,31)(H,29,32)/b23-16-,27-17?. The maximum atomic E-state index is 12.8. The van der Waals surface area contributed by atoms with Crippen LogP contribution in [0.15, 0.2) is 89.7 Å². The van der Waals surface area contributed by atoms with E-state index in [1.807, 2.05) is 73.6 Å². The van der Waals surface area contributed by atoms with E-state index in [0.29, 0.717) is 5.02 Å². The summed E-state index contributed by atoms with van der Waals surface area (Å²) in [6, 6.07) is 23.5. The molecule has 6 nitrogen and oxygen atoms in total. The lowest BCUT2D eigenvalue weighted by atomic mass is 10.1. The zero-order valence-corrected chi connectivity index (χ0v) is 18.5. The predicted octanol–water partition coefficient (Wildman–Crippen LogP) is 4.33. The van der Waals surface area contributed by atoms with Gasteiger partial charge in [0.1, 0.15) is 5.70 Å². The highest BCUT2D eigenvalue weighted by molar-refractivity contribution is 6.34. The summed E-state index contributed by atoms with van der Waals surface area (Å²) in [6.07, 6.45) is 3.11. The summed E-state index contributed by atoms with van der Waals surface area (Å²) < 4.78 is 0. The van der Waals surface area contributed by atoms with Crippen molar-refractivity contribution in [3.63, 3.8) is 0 Å². The Morgan fingerprint density at radius 3 is 2.19 bits per heavy atom. The number of nitrogens with one attached hydrogen (secondary N) is 2.